The summed E-state index contributed by atoms with van der Waals surface area (Å²) in [6.07, 6.45) is 0.724. The first-order valence-electron chi connectivity index (χ1n) is 8.49. The van der Waals surface area contributed by atoms with Crippen LogP contribution in [0, 0.1) is 17.0 Å². The van der Waals surface area contributed by atoms with E-state index >= 15 is 0 Å². The van der Waals surface area contributed by atoms with Crippen molar-refractivity contribution in [3.8, 4) is 11.3 Å². The van der Waals surface area contributed by atoms with E-state index in [2.05, 4.69) is 10.3 Å². The number of ketones is 1. The van der Waals surface area contributed by atoms with Crippen LogP contribution < -0.4 is 5.32 Å². The molecule has 0 saturated carbocycles. The average molecular weight is 381 g/mol. The number of hydrogen-bond donors (Lipinski definition) is 1. The Bertz CT molecular complexity index is 980. The molecule has 0 amide bonds. The normalized spacial score (nSPS) is 10.6. The predicted octanol–water partition coefficient (Wildman–Crippen LogP) is 4.88. The Balaban J connectivity index is 1.64. The van der Waals surface area contributed by atoms with Crippen LogP contribution in [0.25, 0.3) is 11.3 Å². The number of carbonyl (C=O) groups is 1. The van der Waals surface area contributed by atoms with Crippen molar-refractivity contribution < 1.29 is 9.72 Å². The summed E-state index contributed by atoms with van der Waals surface area (Å²) in [6.45, 7) is 3.93. The van der Waals surface area contributed by atoms with E-state index in [1.807, 2.05) is 36.6 Å². The van der Waals surface area contributed by atoms with E-state index in [1.54, 1.807) is 23.5 Å². The molecule has 1 heterocycles. The van der Waals surface area contributed by atoms with E-state index in [1.165, 1.54) is 13.0 Å². The van der Waals surface area contributed by atoms with Gasteiger partial charge in [0.15, 0.2) is 5.78 Å². The van der Waals surface area contributed by atoms with Gasteiger partial charge in [-0.3, -0.25) is 14.9 Å². The molecule has 3 rings (SSSR count). The zero-order chi connectivity index (χ0) is 19.4. The van der Waals surface area contributed by atoms with Crippen LogP contribution in [0.5, 0.6) is 0 Å². The maximum atomic E-state index is 11.4. The molecule has 0 radical (unpaired) electrons. The number of Topliss-reactive ketones (excluding diaryl/α,β-unsaturated/α-hetero) is 1. The first-order valence-corrected chi connectivity index (χ1v) is 9.36. The summed E-state index contributed by atoms with van der Waals surface area (Å²) in [5, 5.41) is 17.4. The maximum Gasteiger partial charge on any atom is 0.293 e. The van der Waals surface area contributed by atoms with E-state index in [4.69, 9.17) is 0 Å². The van der Waals surface area contributed by atoms with Crippen LogP contribution in [-0.4, -0.2) is 22.2 Å². The summed E-state index contributed by atoms with van der Waals surface area (Å²) in [7, 11) is 0. The number of nitrogens with zero attached hydrogens (tertiary/aromatic N) is 2. The molecule has 0 spiro atoms. The van der Waals surface area contributed by atoms with Crippen molar-refractivity contribution in [1.82, 2.24) is 4.98 Å². The second-order valence-electron chi connectivity index (χ2n) is 6.17. The summed E-state index contributed by atoms with van der Waals surface area (Å²) < 4.78 is 0. The van der Waals surface area contributed by atoms with Crippen molar-refractivity contribution in [2.45, 2.75) is 20.3 Å². The molecule has 0 aliphatic heterocycles. The van der Waals surface area contributed by atoms with E-state index in [0.717, 1.165) is 28.2 Å². The molecular formula is C20H19N3O3S. The lowest BCUT2D eigenvalue weighted by molar-refractivity contribution is -0.384. The van der Waals surface area contributed by atoms with E-state index in [-0.39, 0.29) is 11.5 Å². The second kappa shape index (κ2) is 8.09. The zero-order valence-electron chi connectivity index (χ0n) is 15.1. The monoisotopic (exact) mass is 381 g/mol. The van der Waals surface area contributed by atoms with Crippen LogP contribution in [0.2, 0.25) is 0 Å². The minimum Gasteiger partial charge on any atom is -0.379 e. The van der Waals surface area contributed by atoms with Crippen molar-refractivity contribution in [3.63, 3.8) is 0 Å². The van der Waals surface area contributed by atoms with Crippen molar-refractivity contribution in [1.29, 1.82) is 0 Å². The Morgan fingerprint density at radius 2 is 1.96 bits per heavy atom. The maximum absolute atomic E-state index is 11.4. The van der Waals surface area contributed by atoms with Gasteiger partial charge in [0.2, 0.25) is 0 Å². The van der Waals surface area contributed by atoms with Gasteiger partial charge < -0.3 is 5.32 Å². The van der Waals surface area contributed by atoms with Crippen LogP contribution in [-0.2, 0) is 6.42 Å². The van der Waals surface area contributed by atoms with Crippen molar-refractivity contribution >= 4 is 28.5 Å². The molecule has 1 N–H and O–H groups in total. The fraction of sp³-hybridized carbons (Fsp3) is 0.200. The van der Waals surface area contributed by atoms with Gasteiger partial charge in [0, 0.05) is 29.1 Å². The molecule has 0 bridgehead atoms. The van der Waals surface area contributed by atoms with Crippen LogP contribution >= 0.6 is 11.3 Å². The Labute approximate surface area is 161 Å². The van der Waals surface area contributed by atoms with Crippen LogP contribution in [0.3, 0.4) is 0 Å². The molecule has 0 aliphatic carbocycles. The van der Waals surface area contributed by atoms with Crippen molar-refractivity contribution in [2.75, 3.05) is 11.9 Å². The molecule has 0 unspecified atom stereocenters. The highest BCUT2D eigenvalue weighted by Crippen LogP contribution is 2.26. The van der Waals surface area contributed by atoms with Gasteiger partial charge >= 0.3 is 0 Å². The van der Waals surface area contributed by atoms with Gasteiger partial charge in [-0.25, -0.2) is 4.98 Å². The summed E-state index contributed by atoms with van der Waals surface area (Å²) in [4.78, 5) is 26.7. The van der Waals surface area contributed by atoms with Gasteiger partial charge in [0.1, 0.15) is 5.69 Å². The minimum absolute atomic E-state index is 0.0862. The summed E-state index contributed by atoms with van der Waals surface area (Å²) in [6, 6.07) is 12.7. The fourth-order valence-electron chi connectivity index (χ4n) is 2.73. The summed E-state index contributed by atoms with van der Waals surface area (Å²) in [5.41, 5.74) is 3.84. The predicted molar refractivity (Wildman–Crippen MR) is 108 cm³/mol. The summed E-state index contributed by atoms with van der Waals surface area (Å²) in [5.74, 6) is -0.194. The Kier molecular flexibility index (Phi) is 5.61. The van der Waals surface area contributed by atoms with Crippen LogP contribution in [0.4, 0.5) is 11.4 Å². The van der Waals surface area contributed by atoms with E-state index in [0.29, 0.717) is 17.8 Å². The van der Waals surface area contributed by atoms with Crippen LogP contribution in [0.15, 0.2) is 47.8 Å². The number of aromatic nitrogens is 1. The highest BCUT2D eigenvalue weighted by Gasteiger charge is 2.15. The van der Waals surface area contributed by atoms with E-state index < -0.39 is 4.92 Å². The first kappa shape index (κ1) is 18.7. The Morgan fingerprint density at radius 3 is 2.56 bits per heavy atom. The standard InChI is InChI=1S/C20H19N3O3S/c1-13(24)17-7-8-18(20(11-17)23(25)26)21-10-9-15-3-5-16(6-4-15)19-12-27-14(2)22-19/h3-8,11-12,21H,9-10H2,1-2H3. The molecule has 138 valence electrons. The third-order valence-electron chi connectivity index (χ3n) is 4.20. The number of aryl methyl sites for hydroxylation is 1. The van der Waals surface area contributed by atoms with Crippen LogP contribution in [0.1, 0.15) is 27.9 Å². The number of carbonyl (C=O) groups excluding carboxylic acids is 1. The topological polar surface area (TPSA) is 85.1 Å². The SMILES string of the molecule is CC(=O)c1ccc(NCCc2ccc(-c3csc(C)n3)cc2)c([N+](=O)[O-])c1. The third-order valence-corrected chi connectivity index (χ3v) is 4.97. The highest BCUT2D eigenvalue weighted by atomic mass is 32.1. The lowest BCUT2D eigenvalue weighted by atomic mass is 10.1. The van der Waals surface area contributed by atoms with Gasteiger partial charge in [-0.05, 0) is 38.0 Å². The van der Waals surface area contributed by atoms with Gasteiger partial charge in [-0.2, -0.15) is 0 Å². The number of nitro groups is 1. The number of anilines is 1. The molecule has 2 aromatic carbocycles. The fourth-order valence-corrected chi connectivity index (χ4v) is 3.35. The summed E-state index contributed by atoms with van der Waals surface area (Å²) >= 11 is 1.62. The Morgan fingerprint density at radius 1 is 1.22 bits per heavy atom. The molecule has 0 saturated heterocycles. The molecule has 1 aromatic heterocycles. The molecule has 0 aliphatic rings. The molecule has 0 fully saturated rings. The molecule has 3 aromatic rings. The molecule has 6 nitrogen and oxygen atoms in total. The van der Waals surface area contributed by atoms with Gasteiger partial charge in [-0.1, -0.05) is 24.3 Å². The van der Waals surface area contributed by atoms with Crippen molar-refractivity contribution in [2.24, 2.45) is 0 Å². The van der Waals surface area contributed by atoms with Gasteiger partial charge in [-0.15, -0.1) is 11.3 Å². The lowest BCUT2D eigenvalue weighted by Crippen LogP contribution is -2.07. The number of thiazole rings is 1. The molecule has 27 heavy (non-hydrogen) atoms. The smallest absolute Gasteiger partial charge is 0.293 e. The van der Waals surface area contributed by atoms with Gasteiger partial charge in [0.05, 0.1) is 15.6 Å². The zero-order valence-corrected chi connectivity index (χ0v) is 15.9. The first-order chi connectivity index (χ1) is 12.9. The number of hydrogen-bond acceptors (Lipinski definition) is 6. The Hall–Kier alpha value is -3.06. The largest absolute Gasteiger partial charge is 0.379 e. The second-order valence-corrected chi connectivity index (χ2v) is 7.23. The number of benzene rings is 2. The minimum atomic E-state index is -0.473. The lowest BCUT2D eigenvalue weighted by Gasteiger charge is -2.08. The molecule has 0 atom stereocenters. The van der Waals surface area contributed by atoms with Gasteiger partial charge in [0.25, 0.3) is 5.69 Å². The van der Waals surface area contributed by atoms with Crippen molar-refractivity contribution in [3.05, 3.63) is 74.1 Å². The number of nitro benzene ring substituents is 1. The average Bonchev–Trinajstić information content (AvgIpc) is 3.08. The quantitative estimate of drug-likeness (QED) is 0.358. The number of rotatable bonds is 7. The van der Waals surface area contributed by atoms with E-state index in [9.17, 15) is 14.9 Å². The highest BCUT2D eigenvalue weighted by molar-refractivity contribution is 7.09. The third kappa shape index (κ3) is 4.57. The number of nitrogens with one attached hydrogen (secondary N) is 1. The molecular weight excluding hydrogens is 362 g/mol. The molecule has 7 heteroatoms.